The van der Waals surface area contributed by atoms with Crippen LogP contribution in [0, 0.1) is 0 Å². The Morgan fingerprint density at radius 3 is 1.38 bits per heavy atom. The lowest BCUT2D eigenvalue weighted by atomic mass is 10.1. The van der Waals surface area contributed by atoms with Crippen LogP contribution in [0.2, 0.25) is 20.1 Å². The summed E-state index contributed by atoms with van der Waals surface area (Å²) in [7, 11) is 0. The van der Waals surface area contributed by atoms with Crippen molar-refractivity contribution in [3.63, 3.8) is 0 Å². The molecule has 0 spiro atoms. The van der Waals surface area contributed by atoms with E-state index in [1.807, 2.05) is 0 Å². The SMILES string of the molecule is O=C(CC=Cc1c(Cl)cccc1Cl)CC=Cc1c(Cl)cccc1Cl. The zero-order valence-corrected chi connectivity index (χ0v) is 15.6. The molecule has 1 nitrogen and oxygen atoms in total. The van der Waals surface area contributed by atoms with Gasteiger partial charge in [0.1, 0.15) is 5.78 Å². The van der Waals surface area contributed by atoms with E-state index in [4.69, 9.17) is 46.4 Å². The molecular weight excluding hydrogens is 386 g/mol. The molecule has 0 aliphatic rings. The van der Waals surface area contributed by atoms with Crippen molar-refractivity contribution >= 4 is 64.3 Å². The molecule has 2 aromatic rings. The minimum Gasteiger partial charge on any atom is -0.299 e. The Morgan fingerprint density at radius 1 is 0.708 bits per heavy atom. The van der Waals surface area contributed by atoms with Crippen molar-refractivity contribution in [2.45, 2.75) is 12.8 Å². The summed E-state index contributed by atoms with van der Waals surface area (Å²) in [4.78, 5) is 11.9. The first-order valence-corrected chi connectivity index (χ1v) is 8.73. The topological polar surface area (TPSA) is 17.1 Å². The third-order valence-electron chi connectivity index (χ3n) is 3.26. The van der Waals surface area contributed by atoms with E-state index in [9.17, 15) is 4.79 Å². The molecule has 0 amide bonds. The number of hydrogen-bond donors (Lipinski definition) is 0. The van der Waals surface area contributed by atoms with Gasteiger partial charge in [0.25, 0.3) is 0 Å². The van der Waals surface area contributed by atoms with Crippen LogP contribution in [-0.4, -0.2) is 5.78 Å². The fourth-order valence-electron chi connectivity index (χ4n) is 2.04. The van der Waals surface area contributed by atoms with E-state index in [0.29, 0.717) is 44.1 Å². The Morgan fingerprint density at radius 2 is 1.04 bits per heavy atom. The minimum atomic E-state index is 0.0638. The van der Waals surface area contributed by atoms with E-state index < -0.39 is 0 Å². The third-order valence-corrected chi connectivity index (χ3v) is 4.58. The monoisotopic (exact) mass is 398 g/mol. The van der Waals surface area contributed by atoms with Crippen molar-refractivity contribution in [3.8, 4) is 0 Å². The van der Waals surface area contributed by atoms with Crippen molar-refractivity contribution in [1.29, 1.82) is 0 Å². The molecule has 0 heterocycles. The summed E-state index contributed by atoms with van der Waals surface area (Å²) in [6.07, 6.45) is 7.62. The Bertz CT molecular complexity index is 688. The molecule has 24 heavy (non-hydrogen) atoms. The molecule has 0 saturated heterocycles. The van der Waals surface area contributed by atoms with Gasteiger partial charge < -0.3 is 0 Å². The van der Waals surface area contributed by atoms with E-state index in [-0.39, 0.29) is 5.78 Å². The molecule has 0 radical (unpaired) electrons. The van der Waals surface area contributed by atoms with Gasteiger partial charge in [0.15, 0.2) is 0 Å². The van der Waals surface area contributed by atoms with Gasteiger partial charge in [-0.2, -0.15) is 0 Å². The fourth-order valence-corrected chi connectivity index (χ4v) is 3.09. The molecule has 0 aliphatic carbocycles. The quantitative estimate of drug-likeness (QED) is 0.495. The Kier molecular flexibility index (Phi) is 7.39. The van der Waals surface area contributed by atoms with Gasteiger partial charge in [-0.15, -0.1) is 0 Å². The Hall–Kier alpha value is -1.25. The van der Waals surface area contributed by atoms with Crippen LogP contribution in [0.25, 0.3) is 12.2 Å². The lowest BCUT2D eigenvalue weighted by Gasteiger charge is -2.01. The van der Waals surface area contributed by atoms with Crippen LogP contribution in [0.15, 0.2) is 48.6 Å². The van der Waals surface area contributed by atoms with Crippen LogP contribution >= 0.6 is 46.4 Å². The first kappa shape index (κ1) is 19.1. The number of ketones is 1. The Balaban J connectivity index is 1.92. The zero-order valence-electron chi connectivity index (χ0n) is 12.6. The molecule has 124 valence electrons. The molecule has 5 heteroatoms. The van der Waals surface area contributed by atoms with Crippen molar-refractivity contribution < 1.29 is 4.79 Å². The van der Waals surface area contributed by atoms with E-state index in [1.54, 1.807) is 60.7 Å². The molecule has 0 unspecified atom stereocenters. The summed E-state index contributed by atoms with van der Waals surface area (Å²) in [5.41, 5.74) is 1.43. The lowest BCUT2D eigenvalue weighted by Crippen LogP contribution is -1.92. The highest BCUT2D eigenvalue weighted by Crippen LogP contribution is 2.26. The first-order valence-electron chi connectivity index (χ1n) is 7.22. The number of benzene rings is 2. The van der Waals surface area contributed by atoms with Crippen molar-refractivity contribution in [2.75, 3.05) is 0 Å². The smallest absolute Gasteiger partial charge is 0.140 e. The van der Waals surface area contributed by atoms with Gasteiger partial charge in [0.05, 0.1) is 0 Å². The molecule has 0 atom stereocenters. The highest BCUT2D eigenvalue weighted by Gasteiger charge is 2.03. The second-order valence-electron chi connectivity index (χ2n) is 5.02. The van der Waals surface area contributed by atoms with E-state index in [2.05, 4.69) is 0 Å². The number of halogens is 4. The van der Waals surface area contributed by atoms with Gasteiger partial charge >= 0.3 is 0 Å². The lowest BCUT2D eigenvalue weighted by molar-refractivity contribution is -0.117. The van der Waals surface area contributed by atoms with Gasteiger partial charge in [-0.25, -0.2) is 0 Å². The van der Waals surface area contributed by atoms with Crippen LogP contribution in [0.5, 0.6) is 0 Å². The molecule has 0 fully saturated rings. The number of hydrogen-bond acceptors (Lipinski definition) is 1. The summed E-state index contributed by atoms with van der Waals surface area (Å²) >= 11 is 24.3. The normalized spacial score (nSPS) is 11.5. The zero-order chi connectivity index (χ0) is 17.5. The van der Waals surface area contributed by atoms with Crippen LogP contribution in [0.4, 0.5) is 0 Å². The molecule has 0 bridgehead atoms. The van der Waals surface area contributed by atoms with E-state index >= 15 is 0 Å². The predicted molar refractivity (Wildman–Crippen MR) is 105 cm³/mol. The van der Waals surface area contributed by atoms with Crippen LogP contribution in [-0.2, 0) is 4.79 Å². The number of carbonyl (C=O) groups excluding carboxylic acids is 1. The van der Waals surface area contributed by atoms with Crippen LogP contribution in [0.1, 0.15) is 24.0 Å². The van der Waals surface area contributed by atoms with Crippen molar-refractivity contribution in [1.82, 2.24) is 0 Å². The maximum absolute atomic E-state index is 11.9. The molecular formula is C19H14Cl4O. The van der Waals surface area contributed by atoms with Crippen LogP contribution < -0.4 is 0 Å². The molecule has 0 aromatic heterocycles. The van der Waals surface area contributed by atoms with Crippen molar-refractivity contribution in [2.24, 2.45) is 0 Å². The number of carbonyl (C=O) groups is 1. The highest BCUT2D eigenvalue weighted by atomic mass is 35.5. The summed E-state index contributed by atoms with van der Waals surface area (Å²) in [6, 6.07) is 10.6. The van der Waals surface area contributed by atoms with Gasteiger partial charge in [0.2, 0.25) is 0 Å². The summed E-state index contributed by atoms with van der Waals surface area (Å²) in [5, 5.41) is 2.22. The van der Waals surface area contributed by atoms with E-state index in [1.165, 1.54) is 0 Å². The summed E-state index contributed by atoms with van der Waals surface area (Å²) < 4.78 is 0. The standard InChI is InChI=1S/C19H14Cl4O/c20-16-9-3-10-17(21)14(16)7-1-5-13(24)6-2-8-15-18(22)11-4-12-19(15)23/h1-4,7-12H,5-6H2. The fraction of sp³-hybridized carbons (Fsp3) is 0.105. The third kappa shape index (κ3) is 5.39. The van der Waals surface area contributed by atoms with Crippen molar-refractivity contribution in [3.05, 3.63) is 79.8 Å². The van der Waals surface area contributed by atoms with Crippen LogP contribution in [0.3, 0.4) is 0 Å². The van der Waals surface area contributed by atoms with Gasteiger partial charge in [-0.05, 0) is 24.3 Å². The first-order chi connectivity index (χ1) is 11.5. The maximum Gasteiger partial charge on any atom is 0.140 e. The van der Waals surface area contributed by atoms with E-state index in [0.717, 1.165) is 0 Å². The number of Topliss-reactive ketones (excluding diaryl/α,β-unsaturated/α-hetero) is 1. The number of rotatable bonds is 6. The Labute approximate surface area is 161 Å². The number of allylic oxidation sites excluding steroid dienone is 2. The van der Waals surface area contributed by atoms with Gasteiger partial charge in [-0.3, -0.25) is 4.79 Å². The summed E-state index contributed by atoms with van der Waals surface area (Å²) in [5.74, 6) is 0.0638. The summed E-state index contributed by atoms with van der Waals surface area (Å²) in [6.45, 7) is 0. The van der Waals surface area contributed by atoms with Gasteiger partial charge in [0, 0.05) is 44.1 Å². The second kappa shape index (κ2) is 9.29. The molecule has 0 saturated carbocycles. The molecule has 0 N–H and O–H groups in total. The maximum atomic E-state index is 11.9. The second-order valence-corrected chi connectivity index (χ2v) is 6.65. The predicted octanol–water partition coefficient (Wildman–Crippen LogP) is 7.38. The average molecular weight is 400 g/mol. The molecule has 2 rings (SSSR count). The highest BCUT2D eigenvalue weighted by molar-refractivity contribution is 6.37. The average Bonchev–Trinajstić information content (AvgIpc) is 2.53. The largest absolute Gasteiger partial charge is 0.299 e. The minimum absolute atomic E-state index is 0.0638. The van der Waals surface area contributed by atoms with Gasteiger partial charge in [-0.1, -0.05) is 82.8 Å². The molecule has 2 aromatic carbocycles. The molecule has 0 aliphatic heterocycles.